The second-order valence-corrected chi connectivity index (χ2v) is 21.3. The number of hydrogen-bond donors (Lipinski definition) is 0. The monoisotopic (exact) mass is 844 g/mol. The Kier molecular flexibility index (Phi) is 12.7. The Balaban J connectivity index is 2.02. The summed E-state index contributed by atoms with van der Waals surface area (Å²) in [6.45, 7) is 30.6. The lowest BCUT2D eigenvalue weighted by molar-refractivity contribution is 0.0203. The number of carbonyl (C=O) groups is 1. The van der Waals surface area contributed by atoms with Crippen LogP contribution in [-0.2, 0) is 26.4 Å². The average Bonchev–Trinajstić information content (AvgIpc) is 3.27. The normalized spacial score (nSPS) is 12.7. The minimum atomic E-state index is -2.26. The fraction of sp³-hybridized carbons (Fsp3) is 0.490. The van der Waals surface area contributed by atoms with Gasteiger partial charge in [0.25, 0.3) is 0 Å². The maximum atomic E-state index is 13.6. The number of methoxy groups -OCH3 is 4. The summed E-state index contributed by atoms with van der Waals surface area (Å²) in [5, 5.41) is 1.57. The third-order valence-corrected chi connectivity index (χ3v) is 11.1. The van der Waals surface area contributed by atoms with Crippen molar-refractivity contribution in [2.75, 3.05) is 28.4 Å². The molecule has 0 aliphatic heterocycles. The van der Waals surface area contributed by atoms with Crippen molar-refractivity contribution in [3.8, 4) is 45.6 Å². The van der Waals surface area contributed by atoms with E-state index < -0.39 is 30.8 Å². The molecule has 0 bridgehead atoms. The molecule has 0 saturated carbocycles. The lowest BCUT2D eigenvalue weighted by atomic mass is 9.81. The third kappa shape index (κ3) is 9.97. The van der Waals surface area contributed by atoms with Crippen molar-refractivity contribution in [1.29, 1.82) is 0 Å². The van der Waals surface area contributed by atoms with Gasteiger partial charge in [-0.3, -0.25) is 0 Å². The Hall–Kier alpha value is -4.95. The molecule has 0 amide bonds. The van der Waals surface area contributed by atoms with Crippen LogP contribution in [0.4, 0.5) is 4.79 Å². The number of benzene rings is 4. The van der Waals surface area contributed by atoms with Gasteiger partial charge in [0.15, 0.2) is 0 Å². The van der Waals surface area contributed by atoms with Gasteiger partial charge in [0.2, 0.25) is 0 Å². The molecule has 0 fully saturated rings. The van der Waals surface area contributed by atoms with Crippen molar-refractivity contribution < 1.29 is 46.1 Å². The second kappa shape index (κ2) is 16.5. The molecule has 1 aromatic heterocycles. The zero-order valence-corrected chi connectivity index (χ0v) is 40.0. The number of rotatable bonds is 8. The predicted octanol–water partition coefficient (Wildman–Crippen LogP) is 14.3. The summed E-state index contributed by atoms with van der Waals surface area (Å²) in [5.41, 5.74) is 3.08. The van der Waals surface area contributed by atoms with Gasteiger partial charge in [-0.1, -0.05) is 83.1 Å². The number of ether oxygens (including phenoxy) is 6. The molecule has 0 radical (unpaired) electrons. The summed E-state index contributed by atoms with van der Waals surface area (Å²) in [6, 6.07) is 15.5. The topological polar surface area (TPSA) is 108 Å². The van der Waals surface area contributed by atoms with E-state index in [1.54, 1.807) is 49.2 Å². The van der Waals surface area contributed by atoms with Gasteiger partial charge in [0.1, 0.15) is 51.3 Å². The zero-order valence-electron chi connectivity index (χ0n) is 39.1. The van der Waals surface area contributed by atoms with Gasteiger partial charge in [0.05, 0.1) is 28.4 Å². The van der Waals surface area contributed by atoms with Crippen LogP contribution in [0.2, 0.25) is 0 Å². The molecular formula is C49H65O10P. The average molecular weight is 845 g/mol. The second-order valence-electron chi connectivity index (χ2n) is 20.3. The fourth-order valence-electron chi connectivity index (χ4n) is 6.95. The summed E-state index contributed by atoms with van der Waals surface area (Å²) < 4.78 is 57.1. The van der Waals surface area contributed by atoms with Crippen molar-refractivity contribution in [2.24, 2.45) is 0 Å². The molecule has 11 heteroatoms. The number of hydrogen-bond acceptors (Lipinski definition) is 10. The van der Waals surface area contributed by atoms with Crippen LogP contribution in [0, 0.1) is 0 Å². The van der Waals surface area contributed by atoms with E-state index in [9.17, 15) is 4.79 Å². The van der Waals surface area contributed by atoms with Crippen LogP contribution in [0.3, 0.4) is 0 Å². The molecule has 0 atom stereocenters. The summed E-state index contributed by atoms with van der Waals surface area (Å²) in [6.07, 6.45) is -0.843. The van der Waals surface area contributed by atoms with Gasteiger partial charge in [-0.25, -0.2) is 4.79 Å². The van der Waals surface area contributed by atoms with Crippen LogP contribution in [0.15, 0.2) is 56.9 Å². The molecule has 0 saturated heterocycles. The highest BCUT2D eigenvalue weighted by molar-refractivity contribution is 7.32. The SMILES string of the molecule is COc1cc(-c2cc(OC)cc(C(C)(C)C)c2Op2oc3c(C(C)(C)C)cc(OC)cc3c3cc(OC)cc(C(C)(C)C)c3o2)c(OC(=O)OC(C)(C)C)c(C(C)(C)C)c1. The predicted molar refractivity (Wildman–Crippen MR) is 242 cm³/mol. The Bertz CT molecular complexity index is 2360. The molecular weight excluding hydrogens is 780 g/mol. The highest BCUT2D eigenvalue weighted by atomic mass is 31.1. The first-order valence-electron chi connectivity index (χ1n) is 20.2. The first-order valence-corrected chi connectivity index (χ1v) is 21.3. The van der Waals surface area contributed by atoms with Gasteiger partial charge in [-0.2, -0.15) is 0 Å². The van der Waals surface area contributed by atoms with Crippen LogP contribution < -0.4 is 28.2 Å². The summed E-state index contributed by atoms with van der Waals surface area (Å²) in [4.78, 5) is 13.6. The summed E-state index contributed by atoms with van der Waals surface area (Å²) in [7, 11) is 4.30. The van der Waals surface area contributed by atoms with E-state index in [2.05, 4.69) is 62.3 Å². The minimum absolute atomic E-state index is 0.297. The van der Waals surface area contributed by atoms with Crippen molar-refractivity contribution in [1.82, 2.24) is 0 Å². The Morgan fingerprint density at radius 1 is 0.467 bits per heavy atom. The Labute approximate surface area is 357 Å². The van der Waals surface area contributed by atoms with Crippen LogP contribution >= 0.6 is 8.24 Å². The molecule has 0 N–H and O–H groups in total. The van der Waals surface area contributed by atoms with E-state index in [0.29, 0.717) is 56.8 Å². The fourth-order valence-corrected chi connectivity index (χ4v) is 8.10. The number of fused-ring (bicyclic) bond motifs is 3. The molecule has 5 rings (SSSR count). The largest absolute Gasteiger partial charge is 0.514 e. The van der Waals surface area contributed by atoms with E-state index in [1.807, 2.05) is 69.3 Å². The Morgan fingerprint density at radius 3 is 1.15 bits per heavy atom. The van der Waals surface area contributed by atoms with Crippen LogP contribution in [0.5, 0.6) is 34.5 Å². The first kappa shape index (κ1) is 46.1. The standard InChI is InChI=1S/C49H65O10P/c1-45(2,3)36-24-28(51-16)20-32(40(36)55-44(50)56-49(13,14)15)33-21-29(52-17)25-37(46(4,5)6)41(33)57-60-58-42-34(22-30(53-18)26-38(42)47(7,8)9)35-23-31(54-19)27-39(43(35)59-60)48(10,11)12/h20-27H,1-19H3. The molecule has 0 aliphatic rings. The maximum Gasteiger partial charge on any atom is 0.514 e. The molecule has 0 unspecified atom stereocenters. The first-order chi connectivity index (χ1) is 27.6. The Morgan fingerprint density at radius 2 is 0.800 bits per heavy atom. The molecule has 10 nitrogen and oxygen atoms in total. The highest BCUT2D eigenvalue weighted by Gasteiger charge is 2.33. The third-order valence-electron chi connectivity index (χ3n) is 10.1. The summed E-state index contributed by atoms with van der Waals surface area (Å²) >= 11 is 0. The number of carbonyl (C=O) groups excluding carboxylic acids is 1. The zero-order chi connectivity index (χ0) is 44.9. The van der Waals surface area contributed by atoms with Gasteiger partial charge in [-0.05, 0) is 91.0 Å². The van der Waals surface area contributed by atoms with Gasteiger partial charge in [0, 0.05) is 44.2 Å². The van der Waals surface area contributed by atoms with Crippen LogP contribution in [0.1, 0.15) is 126 Å². The van der Waals surface area contributed by atoms with Crippen LogP contribution in [0.25, 0.3) is 33.1 Å². The minimum Gasteiger partial charge on any atom is -0.497 e. The highest BCUT2D eigenvalue weighted by Crippen LogP contribution is 2.53. The molecule has 0 spiro atoms. The molecule has 5 aromatic rings. The molecule has 326 valence electrons. The lowest BCUT2D eigenvalue weighted by Gasteiger charge is -2.28. The van der Waals surface area contributed by atoms with Gasteiger partial charge >= 0.3 is 14.4 Å². The van der Waals surface area contributed by atoms with Crippen molar-refractivity contribution in [2.45, 2.75) is 131 Å². The van der Waals surface area contributed by atoms with Gasteiger partial charge < -0.3 is 41.3 Å². The van der Waals surface area contributed by atoms with Crippen LogP contribution in [-0.4, -0.2) is 40.2 Å². The lowest BCUT2D eigenvalue weighted by Crippen LogP contribution is -2.27. The van der Waals surface area contributed by atoms with Crippen molar-refractivity contribution in [3.05, 3.63) is 70.8 Å². The van der Waals surface area contributed by atoms with E-state index >= 15 is 0 Å². The van der Waals surface area contributed by atoms with E-state index in [0.717, 1.165) is 33.0 Å². The van der Waals surface area contributed by atoms with E-state index in [1.165, 1.54) is 0 Å². The molecule has 0 aliphatic carbocycles. The molecule has 1 heterocycles. The van der Waals surface area contributed by atoms with Crippen molar-refractivity contribution in [3.63, 3.8) is 0 Å². The van der Waals surface area contributed by atoms with Gasteiger partial charge in [-0.15, -0.1) is 0 Å². The quantitative estimate of drug-likeness (QED) is 0.111. The smallest absolute Gasteiger partial charge is 0.497 e. The van der Waals surface area contributed by atoms with Crippen molar-refractivity contribution >= 4 is 36.3 Å². The van der Waals surface area contributed by atoms with E-state index in [-0.39, 0.29) is 10.8 Å². The summed E-state index contributed by atoms with van der Waals surface area (Å²) in [5.74, 6) is 3.24. The molecule has 60 heavy (non-hydrogen) atoms. The maximum absolute atomic E-state index is 13.6. The molecule has 4 aromatic carbocycles. The van der Waals surface area contributed by atoms with E-state index in [4.69, 9.17) is 41.3 Å².